The molecule has 0 N–H and O–H groups in total. The van der Waals surface area contributed by atoms with Crippen molar-refractivity contribution in [3.05, 3.63) is 78.8 Å². The van der Waals surface area contributed by atoms with Crippen molar-refractivity contribution in [3.63, 3.8) is 0 Å². The molecule has 0 aliphatic rings. The van der Waals surface area contributed by atoms with Crippen molar-refractivity contribution < 1.29 is 0 Å². The van der Waals surface area contributed by atoms with Gasteiger partial charge in [-0.05, 0) is 74.9 Å². The van der Waals surface area contributed by atoms with E-state index in [1.54, 1.807) is 0 Å². The Labute approximate surface area is 156 Å². The lowest BCUT2D eigenvalue weighted by atomic mass is 9.95. The number of rotatable bonds is 4. The highest BCUT2D eigenvalue weighted by Gasteiger charge is 2.12. The minimum Gasteiger partial charge on any atom is -0.0875 e. The van der Waals surface area contributed by atoms with Crippen molar-refractivity contribution in [2.45, 2.75) is 54.4 Å². The lowest BCUT2D eigenvalue weighted by Gasteiger charge is -2.14. The van der Waals surface area contributed by atoms with Gasteiger partial charge in [0.05, 0.1) is 0 Å². The van der Waals surface area contributed by atoms with E-state index in [2.05, 4.69) is 65.8 Å². The van der Waals surface area contributed by atoms with E-state index < -0.39 is 0 Å². The molecule has 0 radical (unpaired) electrons. The molecule has 0 bridgehead atoms. The highest BCUT2D eigenvalue weighted by atomic mass is 35.5. The predicted molar refractivity (Wildman–Crippen MR) is 107 cm³/mol. The molecule has 0 aliphatic carbocycles. The van der Waals surface area contributed by atoms with Gasteiger partial charge in [0.25, 0.3) is 0 Å². The van der Waals surface area contributed by atoms with Crippen LogP contribution in [0.5, 0.6) is 0 Å². The second-order valence-electron chi connectivity index (χ2n) is 6.92. The third-order valence-corrected chi connectivity index (χ3v) is 5.46. The largest absolute Gasteiger partial charge is 0.0875 e. The second kappa shape index (κ2) is 7.76. The maximum Gasteiger partial charge on any atom is 0.0373 e. The van der Waals surface area contributed by atoms with Gasteiger partial charge in [-0.2, -0.15) is 0 Å². The summed E-state index contributed by atoms with van der Waals surface area (Å²) in [4.78, 5) is 0. The van der Waals surface area contributed by atoms with Gasteiger partial charge in [-0.3, -0.25) is 0 Å². The zero-order valence-corrected chi connectivity index (χ0v) is 17.0. The third kappa shape index (κ3) is 4.43. The van der Waals surface area contributed by atoms with Crippen molar-refractivity contribution in [3.8, 4) is 0 Å². The van der Waals surface area contributed by atoms with Gasteiger partial charge in [-0.25, -0.2) is 0 Å². The molecule has 0 spiro atoms. The summed E-state index contributed by atoms with van der Waals surface area (Å²) in [6, 6.07) is 8.81. The molecule has 0 aromatic heterocycles. The maximum absolute atomic E-state index is 6.58. The van der Waals surface area contributed by atoms with Crippen LogP contribution < -0.4 is 0 Å². The Morgan fingerprint density at radius 1 is 0.583 bits per heavy atom. The number of allylic oxidation sites excluding steroid dienone is 2. The van der Waals surface area contributed by atoms with Crippen LogP contribution in [-0.4, -0.2) is 0 Å². The number of aryl methyl sites for hydroxylation is 6. The van der Waals surface area contributed by atoms with Gasteiger partial charge in [-0.1, -0.05) is 58.6 Å². The molecule has 0 aliphatic heterocycles. The predicted octanol–water partition coefficient (Wildman–Crippen LogP) is 7.01. The molecule has 0 saturated heterocycles. The maximum atomic E-state index is 6.58. The van der Waals surface area contributed by atoms with Crippen LogP contribution in [0.3, 0.4) is 0 Å². The lowest BCUT2D eigenvalue weighted by Crippen LogP contribution is -2.00. The molecular weight excluding hydrogens is 335 g/mol. The molecule has 0 fully saturated rings. The summed E-state index contributed by atoms with van der Waals surface area (Å²) in [6.07, 6.45) is 1.39. The molecule has 0 amide bonds. The van der Waals surface area contributed by atoms with Gasteiger partial charge >= 0.3 is 0 Å². The number of halogens is 2. The average Bonchev–Trinajstić information content (AvgIpc) is 2.46. The highest BCUT2D eigenvalue weighted by Crippen LogP contribution is 2.28. The quantitative estimate of drug-likeness (QED) is 0.549. The lowest BCUT2D eigenvalue weighted by molar-refractivity contribution is 1.09. The summed E-state index contributed by atoms with van der Waals surface area (Å²) < 4.78 is 0. The van der Waals surface area contributed by atoms with Crippen LogP contribution in [0.25, 0.3) is 0 Å². The van der Waals surface area contributed by atoms with Gasteiger partial charge in [-0.15, -0.1) is 0 Å². The topological polar surface area (TPSA) is 0 Å². The molecule has 0 unspecified atom stereocenters. The standard InChI is InChI=1S/C22H26Cl2/c1-13-7-15(3)19(16(4)8-13)11-21(23)22(24)12-20-17(5)9-14(2)10-18(20)6/h7-10H,11-12H2,1-6H3/b22-21+. The van der Waals surface area contributed by atoms with E-state index in [0.717, 1.165) is 10.1 Å². The van der Waals surface area contributed by atoms with Gasteiger partial charge in [0, 0.05) is 22.9 Å². The Bertz CT molecular complexity index is 684. The first kappa shape index (κ1) is 19.1. The van der Waals surface area contributed by atoms with Crippen molar-refractivity contribution in [1.29, 1.82) is 0 Å². The molecule has 2 aromatic rings. The number of benzene rings is 2. The molecule has 2 rings (SSSR count). The van der Waals surface area contributed by atoms with Crippen molar-refractivity contribution >= 4 is 23.2 Å². The summed E-state index contributed by atoms with van der Waals surface area (Å²) in [5, 5.41) is 1.48. The first-order valence-electron chi connectivity index (χ1n) is 8.35. The van der Waals surface area contributed by atoms with Crippen LogP contribution in [0.4, 0.5) is 0 Å². The van der Waals surface area contributed by atoms with Crippen LogP contribution >= 0.6 is 23.2 Å². The fraction of sp³-hybridized carbons (Fsp3) is 0.364. The zero-order valence-electron chi connectivity index (χ0n) is 15.5. The Morgan fingerprint density at radius 2 is 0.833 bits per heavy atom. The SMILES string of the molecule is Cc1cc(C)c(C/C(Cl)=C(\Cl)Cc2c(C)cc(C)cc2C)c(C)c1. The Hall–Kier alpha value is -1.24. The summed E-state index contributed by atoms with van der Waals surface area (Å²) in [7, 11) is 0. The monoisotopic (exact) mass is 360 g/mol. The number of hydrogen-bond acceptors (Lipinski definition) is 0. The van der Waals surface area contributed by atoms with E-state index in [1.807, 2.05) is 0 Å². The first-order valence-corrected chi connectivity index (χ1v) is 9.11. The van der Waals surface area contributed by atoms with E-state index in [4.69, 9.17) is 23.2 Å². The minimum atomic E-state index is 0.697. The fourth-order valence-electron chi connectivity index (χ4n) is 3.48. The van der Waals surface area contributed by atoms with Crippen molar-refractivity contribution in [2.24, 2.45) is 0 Å². The fourth-order valence-corrected chi connectivity index (χ4v) is 3.88. The van der Waals surface area contributed by atoms with E-state index in [-0.39, 0.29) is 0 Å². The molecule has 0 saturated carbocycles. The van der Waals surface area contributed by atoms with E-state index in [0.29, 0.717) is 12.8 Å². The molecular formula is C22H26Cl2. The van der Waals surface area contributed by atoms with Crippen LogP contribution in [0.2, 0.25) is 0 Å². The van der Waals surface area contributed by atoms with Crippen molar-refractivity contribution in [1.82, 2.24) is 0 Å². The molecule has 24 heavy (non-hydrogen) atoms. The van der Waals surface area contributed by atoms with Crippen LogP contribution in [-0.2, 0) is 12.8 Å². The highest BCUT2D eigenvalue weighted by molar-refractivity contribution is 6.39. The summed E-state index contributed by atoms with van der Waals surface area (Å²) >= 11 is 13.2. The van der Waals surface area contributed by atoms with Crippen molar-refractivity contribution in [2.75, 3.05) is 0 Å². The molecule has 128 valence electrons. The number of hydrogen-bond donors (Lipinski definition) is 0. The smallest absolute Gasteiger partial charge is 0.0373 e. The van der Waals surface area contributed by atoms with Crippen LogP contribution in [0, 0.1) is 41.5 Å². The van der Waals surface area contributed by atoms with Gasteiger partial charge in [0.1, 0.15) is 0 Å². The van der Waals surface area contributed by atoms with Gasteiger partial charge in [0.2, 0.25) is 0 Å². The summed E-state index contributed by atoms with van der Waals surface area (Å²) in [6.45, 7) is 12.8. The normalized spacial score (nSPS) is 12.3. The summed E-state index contributed by atoms with van der Waals surface area (Å²) in [5.41, 5.74) is 10.2. The Morgan fingerprint density at radius 3 is 1.08 bits per heavy atom. The molecule has 0 atom stereocenters. The third-order valence-electron chi connectivity index (χ3n) is 4.64. The Balaban J connectivity index is 2.30. The average molecular weight is 361 g/mol. The molecule has 2 heteroatoms. The van der Waals surface area contributed by atoms with Crippen LogP contribution in [0.15, 0.2) is 34.3 Å². The second-order valence-corrected chi connectivity index (χ2v) is 7.83. The molecule has 0 heterocycles. The van der Waals surface area contributed by atoms with Gasteiger partial charge < -0.3 is 0 Å². The first-order chi connectivity index (χ1) is 11.2. The Kier molecular flexibility index (Phi) is 6.17. The van der Waals surface area contributed by atoms with E-state index >= 15 is 0 Å². The molecule has 0 nitrogen and oxygen atoms in total. The van der Waals surface area contributed by atoms with E-state index in [1.165, 1.54) is 44.5 Å². The molecule has 2 aromatic carbocycles. The zero-order chi connectivity index (χ0) is 18.0. The minimum absolute atomic E-state index is 0.697. The summed E-state index contributed by atoms with van der Waals surface area (Å²) in [5.74, 6) is 0. The van der Waals surface area contributed by atoms with E-state index in [9.17, 15) is 0 Å². The van der Waals surface area contributed by atoms with Gasteiger partial charge in [0.15, 0.2) is 0 Å². The van der Waals surface area contributed by atoms with Crippen LogP contribution in [0.1, 0.15) is 44.5 Å².